The Morgan fingerprint density at radius 1 is 1.00 bits per heavy atom. The molecule has 0 amide bonds. The smallest absolute Gasteiger partial charge is 0.172 e. The fraction of sp³-hybridized carbons (Fsp3) is 0.111. The van der Waals surface area contributed by atoms with Crippen molar-refractivity contribution in [3.63, 3.8) is 0 Å². The first-order chi connectivity index (χ1) is 11.5. The Bertz CT molecular complexity index is 532. The van der Waals surface area contributed by atoms with Crippen molar-refractivity contribution in [2.24, 2.45) is 0 Å². The van der Waals surface area contributed by atoms with Gasteiger partial charge in [-0.25, -0.2) is 24.3 Å². The van der Waals surface area contributed by atoms with Crippen molar-refractivity contribution >= 4 is 9.30 Å². The van der Waals surface area contributed by atoms with Gasteiger partial charge in [0.15, 0.2) is 0 Å². The van der Waals surface area contributed by atoms with Crippen LogP contribution in [0.25, 0.3) is 0 Å². The molecule has 0 aliphatic rings. The minimum Gasteiger partial charge on any atom is -0.214 e. The van der Waals surface area contributed by atoms with Crippen LogP contribution < -0.4 is 4.74 Å². The van der Waals surface area contributed by atoms with Crippen LogP contribution in [-0.4, -0.2) is 7.11 Å². The van der Waals surface area contributed by atoms with Crippen molar-refractivity contribution in [1.82, 2.24) is 0 Å². The molecule has 0 heterocycles. The van der Waals surface area contributed by atoms with Crippen molar-refractivity contribution in [2.45, 2.75) is 6.18 Å². The van der Waals surface area contributed by atoms with Gasteiger partial charge < -0.3 is 4.74 Å². The molecule has 0 aliphatic carbocycles. The fourth-order valence-corrected chi connectivity index (χ4v) is 1.38. The molecule has 6 heteroatoms. The molecule has 0 spiro atoms. The van der Waals surface area contributed by atoms with Crippen LogP contribution in [0.4, 0.5) is 13.2 Å². The molecule has 0 aromatic heterocycles. The summed E-state index contributed by atoms with van der Waals surface area (Å²) in [7, 11) is 5.95. The summed E-state index contributed by atoms with van der Waals surface area (Å²) >= 11 is 1.47. The molecule has 0 bridgehead atoms. The first kappa shape index (κ1) is 22.5. The summed E-state index contributed by atoms with van der Waals surface area (Å²) in [4.78, 5) is 0. The summed E-state index contributed by atoms with van der Waals surface area (Å²) in [6.07, 6.45) is -4.35. The van der Waals surface area contributed by atoms with Gasteiger partial charge in [0.25, 0.3) is 0 Å². The molecule has 0 saturated heterocycles. The first-order valence-electron chi connectivity index (χ1n) is 6.69. The van der Waals surface area contributed by atoms with E-state index in [-0.39, 0.29) is 5.75 Å². The van der Waals surface area contributed by atoms with Crippen LogP contribution in [0.5, 0.6) is 5.75 Å². The third-order valence-corrected chi connectivity index (χ3v) is 2.43. The topological polar surface area (TPSA) is 9.23 Å². The number of benzene rings is 1. The van der Waals surface area contributed by atoms with Crippen molar-refractivity contribution in [1.29, 1.82) is 0 Å². The van der Waals surface area contributed by atoms with Gasteiger partial charge in [0, 0.05) is 5.75 Å². The molecule has 3 aromatic carbocycles. The van der Waals surface area contributed by atoms with E-state index in [9.17, 15) is 13.2 Å². The second-order valence-electron chi connectivity index (χ2n) is 4.06. The zero-order valence-electron chi connectivity index (χ0n) is 12.9. The van der Waals surface area contributed by atoms with E-state index in [4.69, 9.17) is 0 Å². The number of alkyl halides is 3. The number of hydrogen-bond acceptors (Lipinski definition) is 1. The van der Waals surface area contributed by atoms with Gasteiger partial charge in [0.2, 0.25) is 0 Å². The van der Waals surface area contributed by atoms with Gasteiger partial charge >= 0.3 is 34.9 Å². The van der Waals surface area contributed by atoms with Gasteiger partial charge in [0.05, 0.1) is 7.11 Å². The van der Waals surface area contributed by atoms with Crippen LogP contribution in [0.1, 0.15) is 5.56 Å². The quantitative estimate of drug-likeness (QED) is 0.366. The monoisotopic (exact) mass is 388 g/mol. The van der Waals surface area contributed by atoms with E-state index in [0.717, 1.165) is 6.07 Å². The molecule has 0 aliphatic heterocycles. The summed E-state index contributed by atoms with van der Waals surface area (Å²) < 4.78 is 40.7. The second-order valence-corrected chi connectivity index (χ2v) is 4.06. The predicted molar refractivity (Wildman–Crippen MR) is 86.8 cm³/mol. The predicted octanol–water partition coefficient (Wildman–Crippen LogP) is 6.01. The van der Waals surface area contributed by atoms with E-state index < -0.39 is 11.7 Å². The van der Waals surface area contributed by atoms with Crippen LogP contribution in [-0.2, 0) is 25.6 Å². The van der Waals surface area contributed by atoms with Crippen molar-refractivity contribution < 1.29 is 37.3 Å². The van der Waals surface area contributed by atoms with E-state index in [1.165, 1.54) is 38.6 Å². The maximum absolute atomic E-state index is 12.0. The second kappa shape index (κ2) is 13.9. The molecular formula is C18H16ClF3OTi. The molecule has 0 radical (unpaired) electrons. The largest absolute Gasteiger partial charge is 0.214 e. The molecule has 24 heavy (non-hydrogen) atoms. The first-order valence-corrected chi connectivity index (χ1v) is 8.84. The van der Waals surface area contributed by atoms with Crippen LogP contribution >= 0.6 is 9.30 Å². The van der Waals surface area contributed by atoms with Crippen LogP contribution in [0.3, 0.4) is 0 Å². The Morgan fingerprint density at radius 2 is 1.46 bits per heavy atom. The van der Waals surface area contributed by atoms with Crippen LogP contribution in [0.2, 0.25) is 0 Å². The van der Waals surface area contributed by atoms with E-state index in [0.29, 0.717) is 0 Å². The van der Waals surface area contributed by atoms with Gasteiger partial charge in [0.1, 0.15) is 0 Å². The minimum atomic E-state index is -4.35. The Hall–Kier alpha value is -1.49. The van der Waals surface area contributed by atoms with Crippen molar-refractivity contribution in [2.75, 3.05) is 7.11 Å². The van der Waals surface area contributed by atoms with E-state index in [1.54, 1.807) is 0 Å². The Labute approximate surface area is 156 Å². The maximum atomic E-state index is 12.0. The number of methoxy groups -OCH3 is 1. The van der Waals surface area contributed by atoms with Crippen LogP contribution in [0, 0.1) is 6.07 Å². The van der Waals surface area contributed by atoms with Gasteiger partial charge in [-0.15, -0.1) is 12.1 Å². The summed E-state index contributed by atoms with van der Waals surface area (Å²) in [5.41, 5.74) is -0.818. The molecule has 0 fully saturated rings. The normalized spacial score (nSPS) is 9.29. The molecule has 3 aromatic rings. The van der Waals surface area contributed by atoms with Crippen molar-refractivity contribution in [3.8, 4) is 5.75 Å². The van der Waals surface area contributed by atoms with Gasteiger partial charge in [-0.3, -0.25) is 0 Å². The van der Waals surface area contributed by atoms with Gasteiger partial charge in [-0.2, -0.15) is 61.7 Å². The summed E-state index contributed by atoms with van der Waals surface area (Å²) in [5, 5.41) is 0. The zero-order chi connectivity index (χ0) is 18.3. The van der Waals surface area contributed by atoms with E-state index in [2.05, 4.69) is 20.1 Å². The number of halogens is 4. The molecule has 3 rings (SSSR count). The molecule has 0 N–H and O–H groups in total. The Morgan fingerprint density at radius 3 is 1.75 bits per heavy atom. The number of hydrogen-bond donors (Lipinski definition) is 0. The number of rotatable bonds is 1. The molecule has 0 atom stereocenters. The molecule has 0 unspecified atom stereocenters. The summed E-state index contributed by atoms with van der Waals surface area (Å²) in [6.45, 7) is 0. The Balaban J connectivity index is 0.000000362. The number of ether oxygens (including phenoxy) is 1. The third kappa shape index (κ3) is 11.1. The minimum absolute atomic E-state index is 0.182. The summed E-state index contributed by atoms with van der Waals surface area (Å²) in [6, 6.07) is 25.6. The Kier molecular flexibility index (Phi) is 13.0. The average Bonchev–Trinajstić information content (AvgIpc) is 3.33. The molecular weight excluding hydrogens is 373 g/mol. The SMILES string of the molecule is COc1cc[c-]c(C(F)(F)F)c1.[Cl][Ti+3].c1cc[cH-]c1.c1cc[cH-]c1. The molecule has 0 saturated carbocycles. The fourth-order valence-electron chi connectivity index (χ4n) is 1.38. The van der Waals surface area contributed by atoms with E-state index >= 15 is 0 Å². The average molecular weight is 389 g/mol. The zero-order valence-corrected chi connectivity index (χ0v) is 15.2. The maximum Gasteiger partial charge on any atom is -0.172 e. The van der Waals surface area contributed by atoms with Crippen LogP contribution in [0.15, 0.2) is 78.9 Å². The van der Waals surface area contributed by atoms with Gasteiger partial charge in [-0.1, -0.05) is 5.56 Å². The summed E-state index contributed by atoms with van der Waals surface area (Å²) in [5.74, 6) is 0.182. The standard InChI is InChI=1S/C8H6F3O.2C5H5.ClH.Ti/c1-12-7-4-2-3-6(5-7)8(9,10)11;2*1-2-4-5-3-1;;/h2,4-5H,1H3;2*1-5H;1H;/q3*-1;;+4/p-1. The molecule has 126 valence electrons. The molecule has 1 nitrogen and oxygen atoms in total. The van der Waals surface area contributed by atoms with Gasteiger partial charge in [-0.05, 0) is 0 Å². The third-order valence-electron chi connectivity index (χ3n) is 2.43. The van der Waals surface area contributed by atoms with Crippen molar-refractivity contribution in [3.05, 3.63) is 90.5 Å². The van der Waals surface area contributed by atoms with E-state index in [1.807, 2.05) is 60.7 Å².